The highest BCUT2D eigenvalue weighted by molar-refractivity contribution is 5.84. The Hall–Kier alpha value is -2.23. The van der Waals surface area contributed by atoms with Gasteiger partial charge in [0.05, 0.1) is 0 Å². The average Bonchev–Trinajstić information content (AvgIpc) is 2.32. The number of halogens is 1. The summed E-state index contributed by atoms with van der Waals surface area (Å²) in [6, 6.07) is 8.97. The van der Waals surface area contributed by atoms with Crippen LogP contribution in [0.1, 0.15) is 5.56 Å². The van der Waals surface area contributed by atoms with Gasteiger partial charge in [-0.25, -0.2) is 14.4 Å². The monoisotopic (exact) mass is 216 g/mol. The van der Waals surface area contributed by atoms with Crippen molar-refractivity contribution in [3.8, 4) is 5.75 Å². The summed E-state index contributed by atoms with van der Waals surface area (Å²) < 4.78 is 12.9. The average molecular weight is 216 g/mol. The second kappa shape index (κ2) is 4.53. The summed E-state index contributed by atoms with van der Waals surface area (Å²) in [5.41, 5.74) is 0.325. The van der Waals surface area contributed by atoms with Gasteiger partial charge in [0.2, 0.25) is 0 Å². The zero-order chi connectivity index (χ0) is 11.4. The van der Waals surface area contributed by atoms with Gasteiger partial charge in [0, 0.05) is 18.0 Å². The Labute approximate surface area is 91.9 Å². The smallest absolute Gasteiger partial charge is 0.151 e. The molecule has 1 aromatic carbocycles. The molecular formula is C12H9FN2O. The van der Waals surface area contributed by atoms with E-state index < -0.39 is 5.82 Å². The highest BCUT2D eigenvalue weighted by atomic mass is 19.1. The van der Waals surface area contributed by atoms with E-state index in [1.165, 1.54) is 24.4 Å². The van der Waals surface area contributed by atoms with Crippen molar-refractivity contribution in [2.45, 2.75) is 0 Å². The number of nitrogens with zero attached hydrogens (tertiary/aromatic N) is 2. The Kier molecular flexibility index (Phi) is 2.91. The number of aliphatic imine (C=N–C) groups is 1. The van der Waals surface area contributed by atoms with Gasteiger partial charge < -0.3 is 5.11 Å². The number of phenols is 1. The van der Waals surface area contributed by atoms with Gasteiger partial charge in [-0.15, -0.1) is 0 Å². The molecule has 80 valence electrons. The molecule has 0 saturated carbocycles. The van der Waals surface area contributed by atoms with Gasteiger partial charge in [-0.3, -0.25) is 0 Å². The van der Waals surface area contributed by atoms with E-state index in [9.17, 15) is 9.50 Å². The largest absolute Gasteiger partial charge is 0.507 e. The van der Waals surface area contributed by atoms with Crippen LogP contribution in [0.4, 0.5) is 10.2 Å². The summed E-state index contributed by atoms with van der Waals surface area (Å²) in [5, 5.41) is 9.43. The number of aromatic nitrogens is 1. The molecule has 0 spiro atoms. The molecule has 0 saturated heterocycles. The molecule has 16 heavy (non-hydrogen) atoms. The maximum Gasteiger partial charge on any atom is 0.151 e. The Morgan fingerprint density at radius 1 is 1.25 bits per heavy atom. The van der Waals surface area contributed by atoms with Crippen molar-refractivity contribution in [2.24, 2.45) is 4.99 Å². The van der Waals surface area contributed by atoms with Gasteiger partial charge in [-0.2, -0.15) is 0 Å². The van der Waals surface area contributed by atoms with Crippen molar-refractivity contribution in [1.82, 2.24) is 4.98 Å². The molecule has 0 atom stereocenters. The molecule has 0 amide bonds. The molecule has 1 heterocycles. The molecule has 0 aliphatic heterocycles. The number of hydrogen-bond acceptors (Lipinski definition) is 3. The van der Waals surface area contributed by atoms with Crippen molar-refractivity contribution in [1.29, 1.82) is 0 Å². The number of benzene rings is 1. The first-order valence-electron chi connectivity index (χ1n) is 4.69. The fraction of sp³-hybridized carbons (Fsp3) is 0. The van der Waals surface area contributed by atoms with E-state index in [0.29, 0.717) is 11.4 Å². The van der Waals surface area contributed by atoms with Gasteiger partial charge in [0.25, 0.3) is 0 Å². The van der Waals surface area contributed by atoms with E-state index in [-0.39, 0.29) is 5.75 Å². The fourth-order valence-corrected chi connectivity index (χ4v) is 1.19. The first-order valence-corrected chi connectivity index (χ1v) is 4.69. The summed E-state index contributed by atoms with van der Waals surface area (Å²) in [6.45, 7) is 0. The topological polar surface area (TPSA) is 45.5 Å². The Morgan fingerprint density at radius 2 is 2.12 bits per heavy atom. The lowest BCUT2D eigenvalue weighted by molar-refractivity contribution is 0.472. The molecule has 0 aliphatic carbocycles. The van der Waals surface area contributed by atoms with Gasteiger partial charge >= 0.3 is 0 Å². The first-order chi connectivity index (χ1) is 7.75. The van der Waals surface area contributed by atoms with Crippen molar-refractivity contribution in [3.05, 3.63) is 54.0 Å². The van der Waals surface area contributed by atoms with Gasteiger partial charge in [0.1, 0.15) is 11.6 Å². The van der Waals surface area contributed by atoms with Gasteiger partial charge in [0.15, 0.2) is 5.82 Å². The third-order valence-corrected chi connectivity index (χ3v) is 1.97. The maximum atomic E-state index is 12.9. The summed E-state index contributed by atoms with van der Waals surface area (Å²) in [6.07, 6.45) is 2.98. The van der Waals surface area contributed by atoms with E-state index in [2.05, 4.69) is 9.98 Å². The van der Waals surface area contributed by atoms with Crippen molar-refractivity contribution >= 4 is 12.0 Å². The fourth-order valence-electron chi connectivity index (χ4n) is 1.19. The molecule has 1 aromatic heterocycles. The van der Waals surface area contributed by atoms with Crippen LogP contribution in [0.5, 0.6) is 5.75 Å². The lowest BCUT2D eigenvalue weighted by atomic mass is 10.2. The lowest BCUT2D eigenvalue weighted by Crippen LogP contribution is -1.84. The summed E-state index contributed by atoms with van der Waals surface area (Å²) >= 11 is 0. The van der Waals surface area contributed by atoms with E-state index >= 15 is 0 Å². The Bertz CT molecular complexity index is 512. The highest BCUT2D eigenvalue weighted by Gasteiger charge is 1.99. The van der Waals surface area contributed by atoms with Crippen LogP contribution in [-0.4, -0.2) is 16.3 Å². The van der Waals surface area contributed by atoms with Crippen molar-refractivity contribution in [2.75, 3.05) is 0 Å². The van der Waals surface area contributed by atoms with Gasteiger partial charge in [-0.05, 0) is 30.3 Å². The summed E-state index contributed by atoms with van der Waals surface area (Å²) in [4.78, 5) is 7.99. The van der Waals surface area contributed by atoms with Crippen LogP contribution >= 0.6 is 0 Å². The van der Waals surface area contributed by atoms with Crippen LogP contribution in [0.15, 0.2) is 47.6 Å². The van der Waals surface area contributed by atoms with Crippen molar-refractivity contribution < 1.29 is 9.50 Å². The van der Waals surface area contributed by atoms with Crippen LogP contribution < -0.4 is 0 Å². The Balaban J connectivity index is 2.27. The number of phenolic OH excluding ortho intramolecular Hbond substituents is 1. The quantitative estimate of drug-likeness (QED) is 0.784. The predicted molar refractivity (Wildman–Crippen MR) is 59.6 cm³/mol. The zero-order valence-electron chi connectivity index (χ0n) is 8.34. The number of hydrogen-bond donors (Lipinski definition) is 1. The standard InChI is InChI=1S/C12H9FN2O/c13-10-4-5-11(16)9(7-10)8-15-12-3-1-2-6-14-12/h1-8,16H. The van der Waals surface area contributed by atoms with E-state index in [1.807, 2.05) is 0 Å². The number of aromatic hydroxyl groups is 1. The minimum Gasteiger partial charge on any atom is -0.507 e. The van der Waals surface area contributed by atoms with Crippen molar-refractivity contribution in [3.63, 3.8) is 0 Å². The van der Waals surface area contributed by atoms with Crippen LogP contribution in [0.2, 0.25) is 0 Å². The molecule has 3 nitrogen and oxygen atoms in total. The number of rotatable bonds is 2. The molecule has 0 unspecified atom stereocenters. The minimum absolute atomic E-state index is 0.0129. The van der Waals surface area contributed by atoms with Crippen LogP contribution in [0.3, 0.4) is 0 Å². The molecular weight excluding hydrogens is 207 g/mol. The van der Waals surface area contributed by atoms with Crippen LogP contribution in [-0.2, 0) is 0 Å². The second-order valence-electron chi connectivity index (χ2n) is 3.15. The summed E-state index contributed by atoms with van der Waals surface area (Å²) in [7, 11) is 0. The lowest BCUT2D eigenvalue weighted by Gasteiger charge is -1.97. The molecule has 0 aliphatic rings. The molecule has 1 N–H and O–H groups in total. The van der Waals surface area contributed by atoms with Gasteiger partial charge in [-0.1, -0.05) is 6.07 Å². The molecule has 0 bridgehead atoms. The minimum atomic E-state index is -0.416. The molecule has 0 radical (unpaired) electrons. The molecule has 2 rings (SSSR count). The van der Waals surface area contributed by atoms with Crippen LogP contribution in [0.25, 0.3) is 0 Å². The predicted octanol–water partition coefficient (Wildman–Crippen LogP) is 2.68. The first kappa shape index (κ1) is 10.3. The van der Waals surface area contributed by atoms with E-state index in [4.69, 9.17) is 0 Å². The third-order valence-electron chi connectivity index (χ3n) is 1.97. The zero-order valence-corrected chi connectivity index (χ0v) is 8.34. The third kappa shape index (κ3) is 2.42. The summed E-state index contributed by atoms with van der Waals surface area (Å²) in [5.74, 6) is 0.0764. The highest BCUT2D eigenvalue weighted by Crippen LogP contribution is 2.16. The van der Waals surface area contributed by atoms with Crippen LogP contribution in [0, 0.1) is 5.82 Å². The van der Waals surface area contributed by atoms with E-state index in [1.54, 1.807) is 24.4 Å². The number of pyridine rings is 1. The Morgan fingerprint density at radius 3 is 2.88 bits per heavy atom. The second-order valence-corrected chi connectivity index (χ2v) is 3.15. The normalized spacial score (nSPS) is 10.8. The molecule has 2 aromatic rings. The SMILES string of the molecule is Oc1ccc(F)cc1C=Nc1ccccn1. The van der Waals surface area contributed by atoms with E-state index in [0.717, 1.165) is 0 Å². The maximum absolute atomic E-state index is 12.9. The molecule has 0 fully saturated rings. The molecule has 4 heteroatoms.